The number of halogens is 1. The summed E-state index contributed by atoms with van der Waals surface area (Å²) in [5.74, 6) is 1.08. The lowest BCUT2D eigenvalue weighted by Crippen LogP contribution is -2.24. The number of hydrogen-bond donors (Lipinski definition) is 1. The van der Waals surface area contributed by atoms with Gasteiger partial charge in [0.2, 0.25) is 0 Å². The molecule has 3 unspecified atom stereocenters. The lowest BCUT2D eigenvalue weighted by atomic mass is 10.00. The first-order valence-corrected chi connectivity index (χ1v) is 7.57. The molecule has 1 saturated heterocycles. The first kappa shape index (κ1) is 12.4. The van der Waals surface area contributed by atoms with Crippen molar-refractivity contribution in [2.24, 2.45) is 11.8 Å². The summed E-state index contributed by atoms with van der Waals surface area (Å²) in [5, 5.41) is 11.9. The van der Waals surface area contributed by atoms with Crippen molar-refractivity contribution in [2.45, 2.75) is 18.9 Å². The molecule has 2 fully saturated rings. The first-order valence-electron chi connectivity index (χ1n) is 7.19. The van der Waals surface area contributed by atoms with Crippen LogP contribution in [0.25, 0.3) is 10.9 Å². The number of rotatable bonds is 1. The van der Waals surface area contributed by atoms with Gasteiger partial charge < -0.3 is 10.0 Å². The Morgan fingerprint density at radius 2 is 2.10 bits per heavy atom. The molecule has 0 radical (unpaired) electrons. The third-order valence-corrected chi connectivity index (χ3v) is 5.08. The number of fused-ring (bicyclic) bond motifs is 2. The van der Waals surface area contributed by atoms with Crippen LogP contribution < -0.4 is 4.90 Å². The minimum Gasteiger partial charge on any atom is -0.393 e. The van der Waals surface area contributed by atoms with E-state index in [4.69, 9.17) is 11.6 Å². The molecule has 1 aliphatic heterocycles. The molecule has 2 aromatic rings. The normalized spacial score (nSPS) is 29.1. The quantitative estimate of drug-likeness (QED) is 0.876. The van der Waals surface area contributed by atoms with E-state index in [2.05, 4.69) is 16.0 Å². The van der Waals surface area contributed by atoms with Crippen molar-refractivity contribution in [1.29, 1.82) is 0 Å². The first-order chi connectivity index (χ1) is 9.72. The van der Waals surface area contributed by atoms with Crippen LogP contribution in [-0.2, 0) is 0 Å². The van der Waals surface area contributed by atoms with Crippen LogP contribution in [0.4, 0.5) is 5.69 Å². The Kier molecular flexibility index (Phi) is 2.86. The maximum atomic E-state index is 10.1. The molecule has 4 rings (SSSR count). The SMILES string of the molecule is OC1CCC2CN(c3ccnc4cc(Cl)ccc34)CC12. The second-order valence-corrected chi connectivity index (χ2v) is 6.40. The van der Waals surface area contributed by atoms with Gasteiger partial charge in [-0.15, -0.1) is 0 Å². The number of benzene rings is 1. The van der Waals surface area contributed by atoms with Crippen molar-refractivity contribution in [3.05, 3.63) is 35.5 Å². The molecule has 0 amide bonds. The highest BCUT2D eigenvalue weighted by molar-refractivity contribution is 6.31. The van der Waals surface area contributed by atoms with Crippen molar-refractivity contribution in [3.63, 3.8) is 0 Å². The Hall–Kier alpha value is -1.32. The Labute approximate surface area is 123 Å². The summed E-state index contributed by atoms with van der Waals surface area (Å²) in [7, 11) is 0. The number of aromatic nitrogens is 1. The second kappa shape index (κ2) is 4.61. The average molecular weight is 289 g/mol. The standard InChI is InChI=1S/C16H17ClN2O/c17-11-2-3-12-14(7-11)18-6-5-15(12)19-8-10-1-4-16(20)13(10)9-19/h2-3,5-7,10,13,16,20H,1,4,8-9H2. The van der Waals surface area contributed by atoms with E-state index in [-0.39, 0.29) is 6.10 Å². The topological polar surface area (TPSA) is 36.4 Å². The van der Waals surface area contributed by atoms with Gasteiger partial charge in [-0.1, -0.05) is 11.6 Å². The predicted octanol–water partition coefficient (Wildman–Crippen LogP) is 3.10. The molecule has 2 heterocycles. The van der Waals surface area contributed by atoms with E-state index >= 15 is 0 Å². The molecular weight excluding hydrogens is 272 g/mol. The number of anilines is 1. The number of aliphatic hydroxyl groups excluding tert-OH is 1. The zero-order valence-electron chi connectivity index (χ0n) is 11.2. The second-order valence-electron chi connectivity index (χ2n) is 5.97. The molecule has 0 spiro atoms. The van der Waals surface area contributed by atoms with Gasteiger partial charge in [0.25, 0.3) is 0 Å². The molecule has 3 nitrogen and oxygen atoms in total. The molecule has 104 valence electrons. The number of pyridine rings is 1. The molecular formula is C16H17ClN2O. The van der Waals surface area contributed by atoms with Crippen molar-refractivity contribution in [2.75, 3.05) is 18.0 Å². The largest absolute Gasteiger partial charge is 0.393 e. The third kappa shape index (κ3) is 1.88. The van der Waals surface area contributed by atoms with E-state index in [1.807, 2.05) is 24.4 Å². The van der Waals surface area contributed by atoms with E-state index < -0.39 is 0 Å². The molecule has 1 aromatic heterocycles. The Morgan fingerprint density at radius 3 is 2.95 bits per heavy atom. The fourth-order valence-corrected chi connectivity index (χ4v) is 3.98. The van der Waals surface area contributed by atoms with Crippen LogP contribution in [0.15, 0.2) is 30.5 Å². The highest BCUT2D eigenvalue weighted by Crippen LogP contribution is 2.41. The fraction of sp³-hybridized carbons (Fsp3) is 0.438. The lowest BCUT2D eigenvalue weighted by Gasteiger charge is -2.22. The van der Waals surface area contributed by atoms with Gasteiger partial charge >= 0.3 is 0 Å². The number of hydrogen-bond acceptors (Lipinski definition) is 3. The van der Waals surface area contributed by atoms with Gasteiger partial charge in [-0.25, -0.2) is 0 Å². The minimum atomic E-state index is -0.118. The van der Waals surface area contributed by atoms with Crippen molar-refractivity contribution >= 4 is 28.2 Å². The zero-order valence-corrected chi connectivity index (χ0v) is 11.9. The van der Waals surface area contributed by atoms with Gasteiger partial charge in [0.05, 0.1) is 11.6 Å². The van der Waals surface area contributed by atoms with Gasteiger partial charge in [0.15, 0.2) is 0 Å². The van der Waals surface area contributed by atoms with Crippen molar-refractivity contribution in [1.82, 2.24) is 4.98 Å². The summed E-state index contributed by atoms with van der Waals surface area (Å²) in [5.41, 5.74) is 2.15. The Bertz CT molecular complexity index is 660. The summed E-state index contributed by atoms with van der Waals surface area (Å²) in [6.45, 7) is 2.00. The van der Waals surface area contributed by atoms with E-state index in [1.54, 1.807) is 0 Å². The highest BCUT2D eigenvalue weighted by Gasteiger charge is 2.42. The molecule has 3 atom stereocenters. The molecule has 1 aromatic carbocycles. The highest BCUT2D eigenvalue weighted by atomic mass is 35.5. The maximum absolute atomic E-state index is 10.1. The van der Waals surface area contributed by atoms with Gasteiger partial charge in [0, 0.05) is 41.3 Å². The van der Waals surface area contributed by atoms with Crippen LogP contribution in [0.3, 0.4) is 0 Å². The maximum Gasteiger partial charge on any atom is 0.0737 e. The molecule has 2 aliphatic rings. The summed E-state index contributed by atoms with van der Waals surface area (Å²) >= 11 is 6.04. The fourth-order valence-electron chi connectivity index (χ4n) is 3.82. The molecule has 20 heavy (non-hydrogen) atoms. The monoisotopic (exact) mass is 288 g/mol. The summed E-state index contributed by atoms with van der Waals surface area (Å²) in [6, 6.07) is 7.95. The van der Waals surface area contributed by atoms with E-state index in [0.717, 1.165) is 41.9 Å². The third-order valence-electron chi connectivity index (χ3n) is 4.84. The lowest BCUT2D eigenvalue weighted by molar-refractivity contribution is 0.133. The molecule has 1 aliphatic carbocycles. The number of nitrogens with zero attached hydrogens (tertiary/aromatic N) is 2. The molecule has 1 N–H and O–H groups in total. The molecule has 0 bridgehead atoms. The van der Waals surface area contributed by atoms with Gasteiger partial charge in [0.1, 0.15) is 0 Å². The molecule has 1 saturated carbocycles. The van der Waals surface area contributed by atoms with Crippen LogP contribution in [0, 0.1) is 11.8 Å². The van der Waals surface area contributed by atoms with Crippen LogP contribution in [0.1, 0.15) is 12.8 Å². The Morgan fingerprint density at radius 1 is 1.20 bits per heavy atom. The summed E-state index contributed by atoms with van der Waals surface area (Å²) in [4.78, 5) is 6.80. The Balaban J connectivity index is 1.73. The van der Waals surface area contributed by atoms with Crippen LogP contribution >= 0.6 is 11.6 Å². The summed E-state index contributed by atoms with van der Waals surface area (Å²) < 4.78 is 0. The van der Waals surface area contributed by atoms with Crippen LogP contribution in [0.5, 0.6) is 0 Å². The van der Waals surface area contributed by atoms with Gasteiger partial charge in [-0.2, -0.15) is 0 Å². The molecule has 4 heteroatoms. The summed E-state index contributed by atoms with van der Waals surface area (Å²) in [6.07, 6.45) is 3.85. The van der Waals surface area contributed by atoms with E-state index in [0.29, 0.717) is 11.8 Å². The van der Waals surface area contributed by atoms with Gasteiger partial charge in [-0.05, 0) is 43.0 Å². The minimum absolute atomic E-state index is 0.118. The van der Waals surface area contributed by atoms with Crippen LogP contribution in [-0.4, -0.2) is 29.3 Å². The van der Waals surface area contributed by atoms with Gasteiger partial charge in [-0.3, -0.25) is 4.98 Å². The zero-order chi connectivity index (χ0) is 13.7. The van der Waals surface area contributed by atoms with Crippen LogP contribution in [0.2, 0.25) is 5.02 Å². The predicted molar refractivity (Wildman–Crippen MR) is 81.2 cm³/mol. The van der Waals surface area contributed by atoms with E-state index in [1.165, 1.54) is 5.69 Å². The van der Waals surface area contributed by atoms with Crippen molar-refractivity contribution < 1.29 is 5.11 Å². The number of aliphatic hydroxyl groups is 1. The average Bonchev–Trinajstić information content (AvgIpc) is 3.00. The smallest absolute Gasteiger partial charge is 0.0737 e. The van der Waals surface area contributed by atoms with Crippen molar-refractivity contribution in [3.8, 4) is 0 Å². The van der Waals surface area contributed by atoms with E-state index in [9.17, 15) is 5.11 Å².